The van der Waals surface area contributed by atoms with Gasteiger partial charge in [-0.1, -0.05) is 18.2 Å². The third kappa shape index (κ3) is 3.00. The molecule has 0 aliphatic carbocycles. The lowest BCUT2D eigenvalue weighted by Gasteiger charge is -2.03. The summed E-state index contributed by atoms with van der Waals surface area (Å²) in [5, 5.41) is 10.7. The minimum absolute atomic E-state index is 0.0477. The van der Waals surface area contributed by atoms with Gasteiger partial charge in [0.15, 0.2) is 5.70 Å². The Balaban J connectivity index is 1.92. The molecule has 0 saturated carbocycles. The molecule has 0 bridgehead atoms. The van der Waals surface area contributed by atoms with Gasteiger partial charge in [-0.3, -0.25) is 10.1 Å². The highest BCUT2D eigenvalue weighted by atomic mass is 16.6. The number of nitro groups is 1. The number of cyclic esters (lactones) is 1. The topological polar surface area (TPSA) is 91.0 Å². The number of ether oxygens (including phenoxy) is 2. The van der Waals surface area contributed by atoms with Crippen molar-refractivity contribution in [3.05, 3.63) is 75.5 Å². The summed E-state index contributed by atoms with van der Waals surface area (Å²) in [6.45, 7) is 0. The van der Waals surface area contributed by atoms with Gasteiger partial charge in [0.25, 0.3) is 5.69 Å². The summed E-state index contributed by atoms with van der Waals surface area (Å²) in [5.41, 5.74) is 1.26. The van der Waals surface area contributed by atoms with E-state index in [1.165, 1.54) is 31.4 Å². The monoisotopic (exact) mass is 324 g/mol. The summed E-state index contributed by atoms with van der Waals surface area (Å²) in [6, 6.07) is 12.8. The summed E-state index contributed by atoms with van der Waals surface area (Å²) in [4.78, 5) is 26.3. The number of non-ortho nitro benzene ring substituents is 1. The normalized spacial score (nSPS) is 15.1. The van der Waals surface area contributed by atoms with Gasteiger partial charge in [-0.25, -0.2) is 9.79 Å². The van der Waals surface area contributed by atoms with Gasteiger partial charge in [0.05, 0.1) is 12.0 Å². The zero-order valence-corrected chi connectivity index (χ0v) is 12.6. The predicted octanol–water partition coefficient (Wildman–Crippen LogP) is 2.95. The highest BCUT2D eigenvalue weighted by Crippen LogP contribution is 2.24. The molecular weight excluding hydrogens is 312 g/mol. The fraction of sp³-hybridized carbons (Fsp3) is 0.0588. The third-order valence-electron chi connectivity index (χ3n) is 3.38. The number of para-hydroxylation sites is 1. The van der Waals surface area contributed by atoms with Crippen LogP contribution in [-0.4, -0.2) is 23.9 Å². The number of benzene rings is 2. The number of hydrogen-bond donors (Lipinski definition) is 0. The van der Waals surface area contributed by atoms with E-state index in [-0.39, 0.29) is 17.3 Å². The number of methoxy groups -OCH3 is 1. The molecule has 0 N–H and O–H groups in total. The first-order chi connectivity index (χ1) is 11.6. The molecule has 7 heteroatoms. The molecular formula is C17H12N2O5. The number of hydrogen-bond acceptors (Lipinski definition) is 6. The van der Waals surface area contributed by atoms with Crippen molar-refractivity contribution in [1.29, 1.82) is 0 Å². The van der Waals surface area contributed by atoms with E-state index in [0.29, 0.717) is 16.9 Å². The Hall–Kier alpha value is -3.48. The van der Waals surface area contributed by atoms with Gasteiger partial charge in [-0.2, -0.15) is 0 Å². The lowest BCUT2D eigenvalue weighted by molar-refractivity contribution is -0.384. The fourth-order valence-corrected chi connectivity index (χ4v) is 2.19. The maximum atomic E-state index is 12.0. The van der Waals surface area contributed by atoms with Crippen LogP contribution < -0.4 is 4.74 Å². The van der Waals surface area contributed by atoms with Crippen molar-refractivity contribution in [1.82, 2.24) is 0 Å². The van der Waals surface area contributed by atoms with E-state index < -0.39 is 10.9 Å². The van der Waals surface area contributed by atoms with Crippen LogP contribution in [0.4, 0.5) is 5.69 Å². The van der Waals surface area contributed by atoms with Crippen molar-refractivity contribution in [3.63, 3.8) is 0 Å². The second kappa shape index (κ2) is 6.33. The molecule has 2 aromatic carbocycles. The van der Waals surface area contributed by atoms with Crippen molar-refractivity contribution in [2.45, 2.75) is 0 Å². The average Bonchev–Trinajstić information content (AvgIpc) is 2.96. The summed E-state index contributed by atoms with van der Waals surface area (Å²) >= 11 is 0. The van der Waals surface area contributed by atoms with E-state index in [1.807, 2.05) is 12.1 Å². The molecule has 0 aromatic heterocycles. The van der Waals surface area contributed by atoms with Crippen molar-refractivity contribution >= 4 is 23.6 Å². The molecule has 2 aromatic rings. The molecule has 1 aliphatic rings. The summed E-state index contributed by atoms with van der Waals surface area (Å²) in [5.74, 6) is 0.127. The van der Waals surface area contributed by atoms with Gasteiger partial charge in [0.2, 0.25) is 5.90 Å². The molecule has 120 valence electrons. The van der Waals surface area contributed by atoms with Crippen LogP contribution in [0.3, 0.4) is 0 Å². The SMILES string of the molecule is COc1ccccc1/C=C1/N=C(c2ccc([N+](=O)[O-])cc2)OC1=O. The number of esters is 1. The summed E-state index contributed by atoms with van der Waals surface area (Å²) in [6.07, 6.45) is 1.57. The molecule has 0 spiro atoms. The molecule has 3 rings (SSSR count). The molecule has 0 atom stereocenters. The number of aliphatic imine (C=N–C) groups is 1. The van der Waals surface area contributed by atoms with E-state index >= 15 is 0 Å². The summed E-state index contributed by atoms with van der Waals surface area (Å²) in [7, 11) is 1.54. The van der Waals surface area contributed by atoms with Gasteiger partial charge in [0, 0.05) is 23.3 Å². The second-order valence-electron chi connectivity index (χ2n) is 4.88. The van der Waals surface area contributed by atoms with E-state index in [0.717, 1.165) is 0 Å². The van der Waals surface area contributed by atoms with Gasteiger partial charge in [0.1, 0.15) is 5.75 Å². The number of rotatable bonds is 4. The molecule has 0 unspecified atom stereocenters. The van der Waals surface area contributed by atoms with Crippen LogP contribution in [0.25, 0.3) is 6.08 Å². The second-order valence-corrected chi connectivity index (χ2v) is 4.88. The molecule has 1 heterocycles. The first kappa shape index (κ1) is 15.4. The third-order valence-corrected chi connectivity index (χ3v) is 3.38. The van der Waals surface area contributed by atoms with Crippen LogP contribution in [0, 0.1) is 10.1 Å². The quantitative estimate of drug-likeness (QED) is 0.373. The minimum Gasteiger partial charge on any atom is -0.496 e. The molecule has 7 nitrogen and oxygen atoms in total. The van der Waals surface area contributed by atoms with Crippen LogP contribution in [0.15, 0.2) is 59.2 Å². The van der Waals surface area contributed by atoms with Crippen LogP contribution >= 0.6 is 0 Å². The fourth-order valence-electron chi connectivity index (χ4n) is 2.19. The van der Waals surface area contributed by atoms with E-state index in [2.05, 4.69) is 4.99 Å². The van der Waals surface area contributed by atoms with Crippen LogP contribution in [0.5, 0.6) is 5.75 Å². The Bertz CT molecular complexity index is 869. The molecule has 0 radical (unpaired) electrons. The van der Waals surface area contributed by atoms with Gasteiger partial charge >= 0.3 is 5.97 Å². The Kier molecular flexibility index (Phi) is 4.07. The summed E-state index contributed by atoms with van der Waals surface area (Å²) < 4.78 is 10.4. The van der Waals surface area contributed by atoms with Crippen molar-refractivity contribution in [2.24, 2.45) is 4.99 Å². The Morgan fingerprint density at radius 2 is 1.88 bits per heavy atom. The maximum absolute atomic E-state index is 12.0. The van der Waals surface area contributed by atoms with Crippen LogP contribution in [0.1, 0.15) is 11.1 Å². The van der Waals surface area contributed by atoms with Crippen LogP contribution in [0.2, 0.25) is 0 Å². The Labute approximate surface area is 137 Å². The van der Waals surface area contributed by atoms with E-state index in [1.54, 1.807) is 18.2 Å². The molecule has 0 saturated heterocycles. The number of nitro benzene ring substituents is 1. The molecule has 0 amide bonds. The standard InChI is InChI=1S/C17H12N2O5/c1-23-15-5-3-2-4-12(15)10-14-17(20)24-16(18-14)11-6-8-13(9-7-11)19(21)22/h2-10H,1H3/b14-10+. The molecule has 24 heavy (non-hydrogen) atoms. The smallest absolute Gasteiger partial charge is 0.363 e. The van der Waals surface area contributed by atoms with Gasteiger partial charge in [-0.15, -0.1) is 0 Å². The highest BCUT2D eigenvalue weighted by Gasteiger charge is 2.24. The number of carbonyl (C=O) groups excluding carboxylic acids is 1. The highest BCUT2D eigenvalue weighted by molar-refractivity contribution is 6.13. The molecule has 0 fully saturated rings. The lowest BCUT2D eigenvalue weighted by Crippen LogP contribution is -2.05. The number of nitrogens with zero attached hydrogens (tertiary/aromatic N) is 2. The Morgan fingerprint density at radius 3 is 2.54 bits per heavy atom. The van der Waals surface area contributed by atoms with E-state index in [4.69, 9.17) is 9.47 Å². The number of carbonyl (C=O) groups is 1. The van der Waals surface area contributed by atoms with Gasteiger partial charge in [-0.05, 0) is 24.3 Å². The minimum atomic E-state index is -0.589. The first-order valence-electron chi connectivity index (χ1n) is 6.99. The Morgan fingerprint density at radius 1 is 1.17 bits per heavy atom. The van der Waals surface area contributed by atoms with Crippen molar-refractivity contribution in [2.75, 3.05) is 7.11 Å². The first-order valence-corrected chi connectivity index (χ1v) is 6.99. The average molecular weight is 324 g/mol. The maximum Gasteiger partial charge on any atom is 0.363 e. The zero-order valence-electron chi connectivity index (χ0n) is 12.6. The predicted molar refractivity (Wildman–Crippen MR) is 86.7 cm³/mol. The van der Waals surface area contributed by atoms with E-state index in [9.17, 15) is 14.9 Å². The van der Waals surface area contributed by atoms with Gasteiger partial charge < -0.3 is 9.47 Å². The zero-order chi connectivity index (χ0) is 17.1. The molecule has 1 aliphatic heterocycles. The van der Waals surface area contributed by atoms with Crippen LogP contribution in [-0.2, 0) is 9.53 Å². The largest absolute Gasteiger partial charge is 0.496 e. The van der Waals surface area contributed by atoms with Crippen molar-refractivity contribution < 1.29 is 19.2 Å². The van der Waals surface area contributed by atoms with Crippen molar-refractivity contribution in [3.8, 4) is 5.75 Å². The lowest BCUT2D eigenvalue weighted by atomic mass is 10.1.